The fourth-order valence-electron chi connectivity index (χ4n) is 3.94. The maximum Gasteiger partial charge on any atom is 0.0447 e. The predicted molar refractivity (Wildman–Crippen MR) is 106 cm³/mol. The van der Waals surface area contributed by atoms with Crippen molar-refractivity contribution < 1.29 is 0 Å². The maximum absolute atomic E-state index is 6.65. The largest absolute Gasteiger partial charge is 0.0885 e. The van der Waals surface area contributed by atoms with Crippen LogP contribution in [0.5, 0.6) is 0 Å². The van der Waals surface area contributed by atoms with Gasteiger partial charge in [0.05, 0.1) is 0 Å². The Morgan fingerprint density at radius 1 is 1.21 bits per heavy atom. The Labute approximate surface area is 156 Å². The third-order valence-electron chi connectivity index (χ3n) is 5.40. The third-order valence-corrected chi connectivity index (χ3v) is 6.12. The molecule has 1 aromatic carbocycles. The van der Waals surface area contributed by atoms with Gasteiger partial charge in [-0.05, 0) is 73.6 Å². The number of allylic oxidation sites excluding steroid dienone is 6. The van der Waals surface area contributed by atoms with Crippen LogP contribution in [0.3, 0.4) is 0 Å². The van der Waals surface area contributed by atoms with Gasteiger partial charge in [-0.1, -0.05) is 66.6 Å². The fourth-order valence-corrected chi connectivity index (χ4v) is 4.54. The van der Waals surface area contributed by atoms with Gasteiger partial charge >= 0.3 is 0 Å². The third kappa shape index (κ3) is 4.16. The number of hydrogen-bond donors (Lipinski definition) is 0. The standard InChI is InChI=1S/C22H26Cl2/c1-2-17(14-16-8-4-3-5-9-16)18-12-13-20(22(24)15-18)19-10-6-7-11-21(19)23/h4,6-8,11-13,15-17,19H,2-3,5,9-10,14H2,1H3. The summed E-state index contributed by atoms with van der Waals surface area (Å²) < 4.78 is 0. The van der Waals surface area contributed by atoms with E-state index in [1.165, 1.54) is 31.2 Å². The molecule has 3 unspecified atom stereocenters. The lowest BCUT2D eigenvalue weighted by Gasteiger charge is -2.24. The van der Waals surface area contributed by atoms with E-state index < -0.39 is 0 Å². The Hall–Kier alpha value is -0.980. The Balaban J connectivity index is 1.77. The summed E-state index contributed by atoms with van der Waals surface area (Å²) in [7, 11) is 0. The average Bonchev–Trinajstić information content (AvgIpc) is 2.61. The molecule has 128 valence electrons. The van der Waals surface area contributed by atoms with Gasteiger partial charge in [0.15, 0.2) is 0 Å². The van der Waals surface area contributed by atoms with E-state index in [2.05, 4.69) is 43.4 Å². The first-order valence-corrected chi connectivity index (χ1v) is 9.92. The molecule has 24 heavy (non-hydrogen) atoms. The van der Waals surface area contributed by atoms with Crippen molar-refractivity contribution in [2.75, 3.05) is 0 Å². The summed E-state index contributed by atoms with van der Waals surface area (Å²) in [5, 5.41) is 1.74. The number of hydrogen-bond acceptors (Lipinski definition) is 0. The topological polar surface area (TPSA) is 0 Å². The zero-order chi connectivity index (χ0) is 16.9. The van der Waals surface area contributed by atoms with Crippen molar-refractivity contribution in [1.29, 1.82) is 0 Å². The summed E-state index contributed by atoms with van der Waals surface area (Å²) >= 11 is 13.0. The Kier molecular flexibility index (Phi) is 6.25. The molecule has 0 fully saturated rings. The van der Waals surface area contributed by atoms with Gasteiger partial charge in [-0.25, -0.2) is 0 Å². The lowest BCUT2D eigenvalue weighted by Crippen LogP contribution is -2.08. The summed E-state index contributed by atoms with van der Waals surface area (Å²) in [5.74, 6) is 1.52. The van der Waals surface area contributed by atoms with E-state index in [1.54, 1.807) is 0 Å². The Bertz CT molecular complexity index is 654. The van der Waals surface area contributed by atoms with Crippen molar-refractivity contribution in [2.45, 2.75) is 57.3 Å². The van der Waals surface area contributed by atoms with Crippen LogP contribution in [-0.4, -0.2) is 0 Å². The van der Waals surface area contributed by atoms with Crippen molar-refractivity contribution in [1.82, 2.24) is 0 Å². The fraction of sp³-hybridized carbons (Fsp3) is 0.455. The zero-order valence-electron chi connectivity index (χ0n) is 14.3. The van der Waals surface area contributed by atoms with Crippen LogP contribution in [0, 0.1) is 5.92 Å². The Morgan fingerprint density at radius 3 is 2.75 bits per heavy atom. The molecule has 0 radical (unpaired) electrons. The van der Waals surface area contributed by atoms with Crippen molar-refractivity contribution in [3.8, 4) is 0 Å². The van der Waals surface area contributed by atoms with E-state index in [0.29, 0.717) is 5.92 Å². The summed E-state index contributed by atoms with van der Waals surface area (Å²) in [6, 6.07) is 6.64. The molecular formula is C22H26Cl2. The molecule has 0 N–H and O–H groups in total. The smallest absolute Gasteiger partial charge is 0.0447 e. The van der Waals surface area contributed by atoms with Crippen LogP contribution < -0.4 is 0 Å². The van der Waals surface area contributed by atoms with Crippen LogP contribution in [0.4, 0.5) is 0 Å². The van der Waals surface area contributed by atoms with E-state index in [-0.39, 0.29) is 5.92 Å². The molecule has 0 saturated heterocycles. The quantitative estimate of drug-likeness (QED) is 0.470. The van der Waals surface area contributed by atoms with E-state index in [9.17, 15) is 0 Å². The molecule has 0 aromatic heterocycles. The molecule has 3 atom stereocenters. The molecule has 0 nitrogen and oxygen atoms in total. The minimum absolute atomic E-state index is 0.208. The van der Waals surface area contributed by atoms with E-state index in [4.69, 9.17) is 23.2 Å². The SMILES string of the molecule is CCC(CC1C=CCCC1)c1ccc(C2CC=CC=C2Cl)c(Cl)c1. The first kappa shape index (κ1) is 17.8. The molecule has 2 heteroatoms. The lowest BCUT2D eigenvalue weighted by atomic mass is 9.82. The van der Waals surface area contributed by atoms with Crippen LogP contribution in [0.15, 0.2) is 53.6 Å². The maximum atomic E-state index is 6.65. The molecule has 0 amide bonds. The van der Waals surface area contributed by atoms with Crippen molar-refractivity contribution in [3.63, 3.8) is 0 Å². The minimum atomic E-state index is 0.208. The second kappa shape index (κ2) is 8.41. The molecule has 0 aliphatic heterocycles. The van der Waals surface area contributed by atoms with Gasteiger partial charge in [0.25, 0.3) is 0 Å². The van der Waals surface area contributed by atoms with Gasteiger partial charge < -0.3 is 0 Å². The van der Waals surface area contributed by atoms with Gasteiger partial charge in [0, 0.05) is 16.0 Å². The minimum Gasteiger partial charge on any atom is -0.0885 e. The van der Waals surface area contributed by atoms with Crippen LogP contribution in [-0.2, 0) is 0 Å². The van der Waals surface area contributed by atoms with Crippen molar-refractivity contribution >= 4 is 23.2 Å². The second-order valence-corrected chi connectivity index (χ2v) is 7.85. The molecule has 1 aromatic rings. The molecule has 0 spiro atoms. The van der Waals surface area contributed by atoms with Crippen LogP contribution in [0.25, 0.3) is 0 Å². The van der Waals surface area contributed by atoms with Crippen molar-refractivity contribution in [3.05, 3.63) is 69.8 Å². The molecule has 0 bridgehead atoms. The number of halogens is 2. The molecule has 2 aliphatic rings. The summed E-state index contributed by atoms with van der Waals surface area (Å²) in [6.45, 7) is 2.28. The predicted octanol–water partition coefficient (Wildman–Crippen LogP) is 7.75. The van der Waals surface area contributed by atoms with Crippen LogP contribution in [0.2, 0.25) is 5.02 Å². The van der Waals surface area contributed by atoms with Gasteiger partial charge in [0.2, 0.25) is 0 Å². The highest BCUT2D eigenvalue weighted by molar-refractivity contribution is 6.33. The first-order valence-electron chi connectivity index (χ1n) is 9.17. The number of benzene rings is 1. The summed E-state index contributed by atoms with van der Waals surface area (Å²) in [5.41, 5.74) is 2.52. The highest BCUT2D eigenvalue weighted by Crippen LogP contribution is 2.39. The molecule has 0 heterocycles. The van der Waals surface area contributed by atoms with Crippen LogP contribution >= 0.6 is 23.2 Å². The zero-order valence-corrected chi connectivity index (χ0v) is 15.9. The number of rotatable bonds is 5. The van der Waals surface area contributed by atoms with Crippen LogP contribution in [0.1, 0.15) is 68.4 Å². The highest BCUT2D eigenvalue weighted by Gasteiger charge is 2.21. The van der Waals surface area contributed by atoms with Gasteiger partial charge in [-0.2, -0.15) is 0 Å². The Morgan fingerprint density at radius 2 is 2.08 bits per heavy atom. The summed E-state index contributed by atoms with van der Waals surface area (Å²) in [4.78, 5) is 0. The first-order chi connectivity index (χ1) is 11.7. The summed E-state index contributed by atoms with van der Waals surface area (Å²) in [6.07, 6.45) is 18.1. The van der Waals surface area contributed by atoms with E-state index >= 15 is 0 Å². The van der Waals surface area contributed by atoms with Crippen molar-refractivity contribution in [2.24, 2.45) is 5.92 Å². The molecular weight excluding hydrogens is 335 g/mol. The molecule has 3 rings (SSSR count). The highest BCUT2D eigenvalue weighted by atomic mass is 35.5. The van der Waals surface area contributed by atoms with E-state index in [0.717, 1.165) is 34.4 Å². The van der Waals surface area contributed by atoms with Gasteiger partial charge in [0.1, 0.15) is 0 Å². The average molecular weight is 361 g/mol. The second-order valence-electron chi connectivity index (χ2n) is 7.01. The molecule has 2 aliphatic carbocycles. The molecule has 0 saturated carbocycles. The van der Waals surface area contributed by atoms with Gasteiger partial charge in [-0.3, -0.25) is 0 Å². The van der Waals surface area contributed by atoms with Gasteiger partial charge in [-0.15, -0.1) is 0 Å². The van der Waals surface area contributed by atoms with E-state index in [1.807, 2.05) is 12.2 Å². The lowest BCUT2D eigenvalue weighted by molar-refractivity contribution is 0.447. The monoisotopic (exact) mass is 360 g/mol. The normalized spacial score (nSPS) is 24.7.